The Morgan fingerprint density at radius 2 is 1.86 bits per heavy atom. The highest BCUT2D eigenvalue weighted by atomic mass is 16.2. The molecule has 156 valence electrons. The molecule has 0 saturated heterocycles. The fourth-order valence-electron chi connectivity index (χ4n) is 4.29. The predicted octanol–water partition coefficient (Wildman–Crippen LogP) is 4.26. The van der Waals surface area contributed by atoms with Gasteiger partial charge in [-0.15, -0.1) is 0 Å². The molecule has 1 aliphatic carbocycles. The van der Waals surface area contributed by atoms with Crippen LogP contribution in [0.2, 0.25) is 0 Å². The summed E-state index contributed by atoms with van der Waals surface area (Å²) < 4.78 is 0. The third kappa shape index (κ3) is 5.46. The molecule has 1 aromatic heterocycles. The van der Waals surface area contributed by atoms with Crippen LogP contribution in [0.5, 0.6) is 0 Å². The van der Waals surface area contributed by atoms with Gasteiger partial charge in [0.1, 0.15) is 6.04 Å². The Bertz CT molecular complexity index is 811. The number of aromatic nitrogens is 2. The Kier molecular flexibility index (Phi) is 7.07. The van der Waals surface area contributed by atoms with E-state index in [0.29, 0.717) is 5.82 Å². The summed E-state index contributed by atoms with van der Waals surface area (Å²) in [6.07, 6.45) is 6.28. The minimum absolute atomic E-state index is 0.0428. The van der Waals surface area contributed by atoms with E-state index < -0.39 is 6.04 Å². The Hall–Kier alpha value is -2.63. The van der Waals surface area contributed by atoms with Gasteiger partial charge in [-0.05, 0) is 31.7 Å². The summed E-state index contributed by atoms with van der Waals surface area (Å²) >= 11 is 0. The second kappa shape index (κ2) is 9.72. The van der Waals surface area contributed by atoms with Gasteiger partial charge in [0.25, 0.3) is 0 Å². The first-order chi connectivity index (χ1) is 14.0. The van der Waals surface area contributed by atoms with E-state index in [1.165, 1.54) is 12.0 Å². The molecule has 1 saturated carbocycles. The van der Waals surface area contributed by atoms with Crippen molar-refractivity contribution in [1.29, 1.82) is 0 Å². The van der Waals surface area contributed by atoms with Gasteiger partial charge in [0.15, 0.2) is 5.82 Å². The van der Waals surface area contributed by atoms with Crippen LogP contribution >= 0.6 is 0 Å². The lowest BCUT2D eigenvalue weighted by Gasteiger charge is -2.37. The molecule has 2 amide bonds. The van der Waals surface area contributed by atoms with Crippen LogP contribution < -0.4 is 5.32 Å². The molecule has 6 heteroatoms. The molecular formula is C23H32N4O2. The van der Waals surface area contributed by atoms with Crippen LogP contribution in [0.3, 0.4) is 0 Å². The van der Waals surface area contributed by atoms with E-state index >= 15 is 0 Å². The number of H-pyrrole nitrogens is 1. The number of hydrogen-bond donors (Lipinski definition) is 2. The molecule has 3 rings (SSSR count). The number of nitrogens with zero attached hydrogens (tertiary/aromatic N) is 2. The van der Waals surface area contributed by atoms with Crippen molar-refractivity contribution in [2.24, 2.45) is 0 Å². The summed E-state index contributed by atoms with van der Waals surface area (Å²) in [6, 6.07) is 11.8. The number of rotatable bonds is 7. The third-order valence-electron chi connectivity index (χ3n) is 5.89. The van der Waals surface area contributed by atoms with Gasteiger partial charge in [0, 0.05) is 30.6 Å². The molecular weight excluding hydrogens is 364 g/mol. The number of carbonyl (C=O) groups excluding carboxylic acids is 2. The van der Waals surface area contributed by atoms with Gasteiger partial charge in [0.05, 0.1) is 0 Å². The van der Waals surface area contributed by atoms with Gasteiger partial charge in [-0.25, -0.2) is 0 Å². The monoisotopic (exact) mass is 396 g/mol. The summed E-state index contributed by atoms with van der Waals surface area (Å²) in [5.74, 6) is 0.520. The highest BCUT2D eigenvalue weighted by Crippen LogP contribution is 2.25. The zero-order valence-electron chi connectivity index (χ0n) is 17.6. The number of carbonyl (C=O) groups is 2. The van der Waals surface area contributed by atoms with Crippen molar-refractivity contribution in [1.82, 2.24) is 15.1 Å². The lowest BCUT2D eigenvalue weighted by molar-refractivity contribution is -0.139. The third-order valence-corrected chi connectivity index (χ3v) is 5.89. The molecule has 2 unspecified atom stereocenters. The minimum atomic E-state index is -0.516. The summed E-state index contributed by atoms with van der Waals surface area (Å²) in [4.78, 5) is 26.8. The Morgan fingerprint density at radius 1 is 1.17 bits per heavy atom. The maximum absolute atomic E-state index is 12.8. The normalized spacial score (nSPS) is 16.8. The van der Waals surface area contributed by atoms with E-state index in [9.17, 15) is 9.59 Å². The van der Waals surface area contributed by atoms with Gasteiger partial charge in [-0.2, -0.15) is 5.10 Å². The average molecular weight is 397 g/mol. The standard InChI is InChI=1S/C23H32N4O2/c1-16(14-19-10-6-4-7-11-19)21-15-22(26-25-21)24-23(29)17(2)27(18(3)28)20-12-8-5-9-13-20/h4,6-7,10-11,15-17,20H,5,8-9,12-14H2,1-3H3,(H2,24,25,26,29). The van der Waals surface area contributed by atoms with Crippen molar-refractivity contribution in [2.45, 2.75) is 77.3 Å². The zero-order valence-corrected chi connectivity index (χ0v) is 17.6. The van der Waals surface area contributed by atoms with Crippen LogP contribution in [0, 0.1) is 0 Å². The lowest BCUT2D eigenvalue weighted by Crippen LogP contribution is -2.50. The van der Waals surface area contributed by atoms with Crippen molar-refractivity contribution in [3.63, 3.8) is 0 Å². The van der Waals surface area contributed by atoms with Gasteiger partial charge in [0.2, 0.25) is 11.8 Å². The zero-order chi connectivity index (χ0) is 20.8. The van der Waals surface area contributed by atoms with Crippen LogP contribution in [-0.2, 0) is 16.0 Å². The van der Waals surface area contributed by atoms with Crippen LogP contribution in [-0.4, -0.2) is 39.0 Å². The van der Waals surface area contributed by atoms with Crippen LogP contribution in [0.1, 0.15) is 70.1 Å². The largest absolute Gasteiger partial charge is 0.328 e. The molecule has 6 nitrogen and oxygen atoms in total. The van der Waals surface area contributed by atoms with Crippen molar-refractivity contribution in [3.8, 4) is 0 Å². The van der Waals surface area contributed by atoms with E-state index in [-0.39, 0.29) is 23.8 Å². The second-order valence-electron chi connectivity index (χ2n) is 8.18. The molecule has 0 spiro atoms. The summed E-state index contributed by atoms with van der Waals surface area (Å²) in [6.45, 7) is 5.49. The van der Waals surface area contributed by atoms with Crippen molar-refractivity contribution in [3.05, 3.63) is 47.7 Å². The fourth-order valence-corrected chi connectivity index (χ4v) is 4.29. The average Bonchev–Trinajstić information content (AvgIpc) is 3.18. The maximum atomic E-state index is 12.8. The Labute approximate surface area is 173 Å². The summed E-state index contributed by atoms with van der Waals surface area (Å²) in [5, 5.41) is 10.2. The van der Waals surface area contributed by atoms with Crippen molar-refractivity contribution < 1.29 is 9.59 Å². The first kappa shape index (κ1) is 21.1. The van der Waals surface area contributed by atoms with Gasteiger partial charge < -0.3 is 10.2 Å². The molecule has 1 aliphatic rings. The lowest BCUT2D eigenvalue weighted by atomic mass is 9.93. The minimum Gasteiger partial charge on any atom is -0.328 e. The first-order valence-corrected chi connectivity index (χ1v) is 10.6. The molecule has 2 N–H and O–H groups in total. The highest BCUT2D eigenvalue weighted by Gasteiger charge is 2.31. The second-order valence-corrected chi connectivity index (χ2v) is 8.18. The number of amides is 2. The van der Waals surface area contributed by atoms with E-state index in [4.69, 9.17) is 0 Å². The van der Waals surface area contributed by atoms with Gasteiger partial charge >= 0.3 is 0 Å². The van der Waals surface area contributed by atoms with Gasteiger partial charge in [-0.1, -0.05) is 56.5 Å². The fraction of sp³-hybridized carbons (Fsp3) is 0.522. The molecule has 29 heavy (non-hydrogen) atoms. The quantitative estimate of drug-likeness (QED) is 0.734. The SMILES string of the molecule is CC(=O)N(C1CCCCC1)C(C)C(=O)Nc1cc(C(C)Cc2ccccc2)[nH]n1. The van der Waals surface area contributed by atoms with E-state index in [1.807, 2.05) is 24.3 Å². The van der Waals surface area contributed by atoms with Crippen LogP contribution in [0.4, 0.5) is 5.82 Å². The molecule has 0 bridgehead atoms. The molecule has 1 heterocycles. The predicted molar refractivity (Wildman–Crippen MR) is 115 cm³/mol. The number of nitrogens with one attached hydrogen (secondary N) is 2. The topological polar surface area (TPSA) is 78.1 Å². The van der Waals surface area contributed by atoms with E-state index in [1.54, 1.807) is 18.7 Å². The number of benzene rings is 1. The van der Waals surface area contributed by atoms with Crippen LogP contribution in [0.15, 0.2) is 36.4 Å². The van der Waals surface area contributed by atoms with Crippen LogP contribution in [0.25, 0.3) is 0 Å². The van der Waals surface area contributed by atoms with Crippen molar-refractivity contribution in [2.75, 3.05) is 5.32 Å². The smallest absolute Gasteiger partial charge is 0.248 e. The molecule has 2 aromatic rings. The molecule has 1 fully saturated rings. The maximum Gasteiger partial charge on any atom is 0.248 e. The van der Waals surface area contributed by atoms with Gasteiger partial charge in [-0.3, -0.25) is 14.7 Å². The summed E-state index contributed by atoms with van der Waals surface area (Å²) in [7, 11) is 0. The number of hydrogen-bond acceptors (Lipinski definition) is 3. The first-order valence-electron chi connectivity index (χ1n) is 10.6. The summed E-state index contributed by atoms with van der Waals surface area (Å²) in [5.41, 5.74) is 2.24. The molecule has 1 aromatic carbocycles. The molecule has 2 atom stereocenters. The molecule has 0 aliphatic heterocycles. The highest BCUT2D eigenvalue weighted by molar-refractivity contribution is 5.96. The molecule has 0 radical (unpaired) electrons. The van der Waals surface area contributed by atoms with E-state index in [2.05, 4.69) is 34.6 Å². The van der Waals surface area contributed by atoms with E-state index in [0.717, 1.165) is 37.8 Å². The number of aromatic amines is 1. The number of anilines is 1. The van der Waals surface area contributed by atoms with Crippen molar-refractivity contribution >= 4 is 17.6 Å². The Morgan fingerprint density at radius 3 is 2.52 bits per heavy atom. The Balaban J connectivity index is 1.61.